The van der Waals surface area contributed by atoms with Gasteiger partial charge in [0.2, 0.25) is 0 Å². The fourth-order valence-corrected chi connectivity index (χ4v) is 4.71. The predicted molar refractivity (Wildman–Crippen MR) is 126 cm³/mol. The smallest absolute Gasteiger partial charge is 0.311 e. The lowest BCUT2D eigenvalue weighted by molar-refractivity contribution is -0.134. The van der Waals surface area contributed by atoms with Crippen LogP contribution >= 0.6 is 12.4 Å². The number of halogens is 1. The number of carbonyl (C=O) groups excluding carboxylic acids is 1. The van der Waals surface area contributed by atoms with Gasteiger partial charge in [0, 0.05) is 6.42 Å². The van der Waals surface area contributed by atoms with Crippen LogP contribution in [0.3, 0.4) is 0 Å². The maximum Gasteiger partial charge on any atom is 0.311 e. The Morgan fingerprint density at radius 3 is 2.63 bits per heavy atom. The first-order valence-corrected chi connectivity index (χ1v) is 11.2. The van der Waals surface area contributed by atoms with Gasteiger partial charge < -0.3 is 14.4 Å². The van der Waals surface area contributed by atoms with Crippen LogP contribution in [-0.2, 0) is 4.79 Å². The van der Waals surface area contributed by atoms with E-state index < -0.39 is 0 Å². The number of allylic oxidation sites excluding steroid dienone is 1. The molecule has 3 rings (SSSR count). The third-order valence-electron chi connectivity index (χ3n) is 6.38. The van der Waals surface area contributed by atoms with Crippen LogP contribution in [0, 0.1) is 12.8 Å². The predicted octanol–water partition coefficient (Wildman–Crippen LogP) is 6.19. The SMILES string of the molecule is CCN(CC)CCCC(=O)Oc1cc(C)cc2c1C1=C(CCC(C)C1)C(C)(C)O2.Cl. The van der Waals surface area contributed by atoms with Crippen LogP contribution in [0.1, 0.15) is 77.8 Å². The summed E-state index contributed by atoms with van der Waals surface area (Å²) in [6, 6.07) is 4.07. The van der Waals surface area contributed by atoms with Crippen LogP contribution in [0.4, 0.5) is 0 Å². The van der Waals surface area contributed by atoms with Gasteiger partial charge >= 0.3 is 5.97 Å². The lowest BCUT2D eigenvalue weighted by atomic mass is 9.74. The molecule has 168 valence electrons. The van der Waals surface area contributed by atoms with Gasteiger partial charge in [0.15, 0.2) is 0 Å². The lowest BCUT2D eigenvalue weighted by Gasteiger charge is -2.41. The second-order valence-electron chi connectivity index (χ2n) is 9.16. The van der Waals surface area contributed by atoms with Crippen molar-refractivity contribution in [2.45, 2.75) is 79.2 Å². The van der Waals surface area contributed by atoms with Gasteiger partial charge in [0.05, 0.1) is 5.56 Å². The van der Waals surface area contributed by atoms with Gasteiger partial charge in [-0.1, -0.05) is 20.8 Å². The Bertz CT molecular complexity index is 796. The molecule has 0 aromatic heterocycles. The number of hydrogen-bond donors (Lipinski definition) is 0. The van der Waals surface area contributed by atoms with Crippen molar-refractivity contribution >= 4 is 23.9 Å². The number of nitrogens with zero attached hydrogens (tertiary/aromatic N) is 1. The molecule has 2 aliphatic rings. The van der Waals surface area contributed by atoms with Crippen LogP contribution in [0.25, 0.3) is 5.57 Å². The van der Waals surface area contributed by atoms with E-state index in [0.29, 0.717) is 18.1 Å². The van der Waals surface area contributed by atoms with E-state index in [0.717, 1.165) is 55.8 Å². The number of hydrogen-bond acceptors (Lipinski definition) is 4. The highest BCUT2D eigenvalue weighted by atomic mass is 35.5. The van der Waals surface area contributed by atoms with Gasteiger partial charge in [-0.2, -0.15) is 0 Å². The molecule has 1 atom stereocenters. The standard InChI is InChI=1S/C25H37NO3.ClH/c1-7-26(8-2)13-9-10-23(27)28-21-15-18(4)16-22-24(21)19-14-17(3)11-12-20(19)25(5,6)29-22;/h15-17H,7-14H2,1-6H3;1H. The average Bonchev–Trinajstić information content (AvgIpc) is 2.64. The van der Waals surface area contributed by atoms with E-state index in [9.17, 15) is 4.79 Å². The Hall–Kier alpha value is -1.52. The van der Waals surface area contributed by atoms with E-state index in [2.05, 4.69) is 45.6 Å². The first kappa shape index (κ1) is 24.7. The summed E-state index contributed by atoms with van der Waals surface area (Å²) in [6.07, 6.45) is 4.52. The number of esters is 1. The van der Waals surface area contributed by atoms with Gasteiger partial charge in [-0.25, -0.2) is 0 Å². The molecule has 1 aromatic rings. The zero-order valence-corrected chi connectivity index (χ0v) is 20.3. The highest BCUT2D eigenvalue weighted by molar-refractivity contribution is 5.85. The van der Waals surface area contributed by atoms with Crippen molar-refractivity contribution in [3.8, 4) is 11.5 Å². The minimum atomic E-state index is -0.304. The highest BCUT2D eigenvalue weighted by Gasteiger charge is 2.39. The molecular weight excluding hydrogens is 398 g/mol. The molecule has 1 heterocycles. The molecule has 0 amide bonds. The third kappa shape index (κ3) is 5.39. The van der Waals surface area contributed by atoms with Gasteiger partial charge in [-0.05, 0) is 101 Å². The zero-order valence-electron chi connectivity index (χ0n) is 19.5. The van der Waals surface area contributed by atoms with Gasteiger partial charge in [0.25, 0.3) is 0 Å². The molecular formula is C25H38ClNO3. The number of carbonyl (C=O) groups is 1. The molecule has 0 fully saturated rings. The van der Waals surface area contributed by atoms with Crippen LogP contribution in [0.5, 0.6) is 11.5 Å². The van der Waals surface area contributed by atoms with Crippen molar-refractivity contribution in [2.24, 2.45) is 5.92 Å². The summed E-state index contributed by atoms with van der Waals surface area (Å²) in [7, 11) is 0. The van der Waals surface area contributed by atoms with Gasteiger partial charge in [-0.3, -0.25) is 4.79 Å². The Balaban J connectivity index is 0.00000320. The fraction of sp³-hybridized carbons (Fsp3) is 0.640. The summed E-state index contributed by atoms with van der Waals surface area (Å²) < 4.78 is 12.3. The van der Waals surface area contributed by atoms with Crippen molar-refractivity contribution in [2.75, 3.05) is 19.6 Å². The van der Waals surface area contributed by atoms with E-state index >= 15 is 0 Å². The molecule has 30 heavy (non-hydrogen) atoms. The molecule has 1 aromatic carbocycles. The number of aryl methyl sites for hydroxylation is 1. The maximum atomic E-state index is 12.6. The summed E-state index contributed by atoms with van der Waals surface area (Å²) in [4.78, 5) is 15.0. The number of benzene rings is 1. The minimum Gasteiger partial charge on any atom is -0.483 e. The number of rotatable bonds is 7. The summed E-state index contributed by atoms with van der Waals surface area (Å²) in [6.45, 7) is 15.9. The van der Waals surface area contributed by atoms with Crippen molar-refractivity contribution in [3.63, 3.8) is 0 Å². The molecule has 1 aliphatic carbocycles. The molecule has 0 spiro atoms. The summed E-state index contributed by atoms with van der Waals surface area (Å²) in [5, 5.41) is 0. The third-order valence-corrected chi connectivity index (χ3v) is 6.38. The fourth-order valence-electron chi connectivity index (χ4n) is 4.71. The van der Waals surface area contributed by atoms with E-state index in [1.807, 2.05) is 13.0 Å². The first-order chi connectivity index (χ1) is 13.7. The van der Waals surface area contributed by atoms with Gasteiger partial charge in [0.1, 0.15) is 17.1 Å². The van der Waals surface area contributed by atoms with Crippen LogP contribution < -0.4 is 9.47 Å². The van der Waals surface area contributed by atoms with Crippen LogP contribution in [0.2, 0.25) is 0 Å². The molecule has 1 aliphatic heterocycles. The van der Waals surface area contributed by atoms with Crippen molar-refractivity contribution in [3.05, 3.63) is 28.8 Å². The normalized spacial score (nSPS) is 19.5. The molecule has 0 bridgehead atoms. The molecule has 4 nitrogen and oxygen atoms in total. The van der Waals surface area contributed by atoms with Crippen LogP contribution in [0.15, 0.2) is 17.7 Å². The molecule has 5 heteroatoms. The average molecular weight is 436 g/mol. The monoisotopic (exact) mass is 435 g/mol. The van der Waals surface area contributed by atoms with E-state index in [4.69, 9.17) is 9.47 Å². The maximum absolute atomic E-state index is 12.6. The second kappa shape index (κ2) is 10.2. The molecule has 1 unspecified atom stereocenters. The molecule has 0 N–H and O–H groups in total. The number of ether oxygens (including phenoxy) is 2. The Labute approximate surface area is 188 Å². The van der Waals surface area contributed by atoms with Crippen LogP contribution in [-0.4, -0.2) is 36.1 Å². The lowest BCUT2D eigenvalue weighted by Crippen LogP contribution is -2.36. The van der Waals surface area contributed by atoms with Crippen molar-refractivity contribution in [1.82, 2.24) is 4.90 Å². The number of fused-ring (bicyclic) bond motifs is 2. The van der Waals surface area contributed by atoms with E-state index in [1.54, 1.807) is 0 Å². The first-order valence-electron chi connectivity index (χ1n) is 11.2. The Kier molecular flexibility index (Phi) is 8.41. The molecule has 0 saturated heterocycles. The Morgan fingerprint density at radius 1 is 1.27 bits per heavy atom. The minimum absolute atomic E-state index is 0. The quantitative estimate of drug-likeness (QED) is 0.378. The van der Waals surface area contributed by atoms with Crippen molar-refractivity contribution < 1.29 is 14.3 Å². The van der Waals surface area contributed by atoms with E-state index in [1.165, 1.54) is 17.6 Å². The largest absolute Gasteiger partial charge is 0.483 e. The van der Waals surface area contributed by atoms with Crippen molar-refractivity contribution in [1.29, 1.82) is 0 Å². The summed E-state index contributed by atoms with van der Waals surface area (Å²) in [5.74, 6) is 2.01. The van der Waals surface area contributed by atoms with E-state index in [-0.39, 0.29) is 24.0 Å². The molecule has 0 saturated carbocycles. The second-order valence-corrected chi connectivity index (χ2v) is 9.16. The Morgan fingerprint density at radius 2 is 1.97 bits per heavy atom. The van der Waals surface area contributed by atoms with Gasteiger partial charge in [-0.15, -0.1) is 12.4 Å². The molecule has 0 radical (unpaired) electrons. The zero-order chi connectivity index (χ0) is 21.2. The summed E-state index contributed by atoms with van der Waals surface area (Å²) >= 11 is 0. The highest BCUT2D eigenvalue weighted by Crippen LogP contribution is 2.51. The summed E-state index contributed by atoms with van der Waals surface area (Å²) in [5.41, 5.74) is 4.46. The topological polar surface area (TPSA) is 38.8 Å².